The topological polar surface area (TPSA) is 75.1 Å². The van der Waals surface area contributed by atoms with Gasteiger partial charge in [0.1, 0.15) is 0 Å². The molecule has 5 nitrogen and oxygen atoms in total. The van der Waals surface area contributed by atoms with E-state index >= 15 is 0 Å². The predicted molar refractivity (Wildman–Crippen MR) is 75.1 cm³/mol. The second kappa shape index (κ2) is 5.09. The van der Waals surface area contributed by atoms with Gasteiger partial charge in [-0.3, -0.25) is 0 Å². The third-order valence-electron chi connectivity index (χ3n) is 3.36. The minimum atomic E-state index is -1.06. The van der Waals surface area contributed by atoms with Crippen molar-refractivity contribution >= 4 is 23.5 Å². The molecule has 0 saturated carbocycles. The summed E-state index contributed by atoms with van der Waals surface area (Å²) in [4.78, 5) is 18.9. The van der Waals surface area contributed by atoms with E-state index in [-0.39, 0.29) is 11.7 Å². The lowest BCUT2D eigenvalue weighted by Crippen LogP contribution is -2.12. The van der Waals surface area contributed by atoms with Crippen LogP contribution in [-0.4, -0.2) is 21.0 Å². The molecule has 2 aromatic rings. The summed E-state index contributed by atoms with van der Waals surface area (Å²) < 4.78 is 0. The first-order chi connectivity index (χ1) is 9.63. The van der Waals surface area contributed by atoms with Crippen molar-refractivity contribution in [2.45, 2.75) is 18.9 Å². The maximum atomic E-state index is 10.9. The van der Waals surface area contributed by atoms with Gasteiger partial charge in [0.2, 0.25) is 5.95 Å². The van der Waals surface area contributed by atoms with E-state index in [1.165, 1.54) is 23.4 Å². The number of aromatic carboxylic acids is 1. The smallest absolute Gasteiger partial charge is 0.354 e. The van der Waals surface area contributed by atoms with E-state index in [1.54, 1.807) is 0 Å². The summed E-state index contributed by atoms with van der Waals surface area (Å²) in [5.74, 6) is -0.730. The van der Waals surface area contributed by atoms with Gasteiger partial charge in [0, 0.05) is 11.2 Å². The van der Waals surface area contributed by atoms with Crippen molar-refractivity contribution in [2.75, 3.05) is 5.32 Å². The SMILES string of the molecule is O=C(O)c1ccnc(N[C@H]2CCc3cc(Cl)ccc32)n1. The average molecular weight is 290 g/mol. The van der Waals surface area contributed by atoms with Gasteiger partial charge < -0.3 is 10.4 Å². The summed E-state index contributed by atoms with van der Waals surface area (Å²) in [6.07, 6.45) is 3.29. The van der Waals surface area contributed by atoms with Gasteiger partial charge in [-0.2, -0.15) is 0 Å². The van der Waals surface area contributed by atoms with Crippen molar-refractivity contribution in [3.63, 3.8) is 0 Å². The van der Waals surface area contributed by atoms with Gasteiger partial charge in [0.25, 0.3) is 0 Å². The Morgan fingerprint density at radius 1 is 1.40 bits per heavy atom. The fraction of sp³-hybridized carbons (Fsp3) is 0.214. The number of carbonyl (C=O) groups is 1. The normalized spacial score (nSPS) is 16.8. The number of aryl methyl sites for hydroxylation is 1. The number of hydrogen-bond acceptors (Lipinski definition) is 4. The Hall–Kier alpha value is -2.14. The van der Waals surface area contributed by atoms with Gasteiger partial charge in [-0.25, -0.2) is 14.8 Å². The van der Waals surface area contributed by atoms with E-state index in [4.69, 9.17) is 16.7 Å². The molecule has 1 atom stereocenters. The zero-order valence-corrected chi connectivity index (χ0v) is 11.3. The molecule has 0 fully saturated rings. The molecule has 2 N–H and O–H groups in total. The third-order valence-corrected chi connectivity index (χ3v) is 3.60. The molecule has 0 unspecified atom stereocenters. The van der Waals surface area contributed by atoms with Gasteiger partial charge >= 0.3 is 5.97 Å². The number of anilines is 1. The minimum Gasteiger partial charge on any atom is -0.477 e. The molecule has 20 heavy (non-hydrogen) atoms. The fourth-order valence-corrected chi connectivity index (χ4v) is 2.63. The van der Waals surface area contributed by atoms with E-state index in [0.29, 0.717) is 5.95 Å². The van der Waals surface area contributed by atoms with Gasteiger partial charge in [0.05, 0.1) is 6.04 Å². The summed E-state index contributed by atoms with van der Waals surface area (Å²) in [6.45, 7) is 0. The summed E-state index contributed by atoms with van der Waals surface area (Å²) in [7, 11) is 0. The van der Waals surface area contributed by atoms with Gasteiger partial charge in [-0.1, -0.05) is 17.7 Å². The molecule has 3 rings (SSSR count). The first-order valence-corrected chi connectivity index (χ1v) is 6.62. The summed E-state index contributed by atoms with van der Waals surface area (Å²) in [5, 5.41) is 12.8. The summed E-state index contributed by atoms with van der Waals surface area (Å²) >= 11 is 5.98. The first kappa shape index (κ1) is 12.9. The molecule has 102 valence electrons. The number of benzene rings is 1. The number of carboxylic acid groups (broad SMARTS) is 1. The maximum Gasteiger partial charge on any atom is 0.354 e. The number of nitrogens with one attached hydrogen (secondary N) is 1. The highest BCUT2D eigenvalue weighted by molar-refractivity contribution is 6.30. The number of aromatic nitrogens is 2. The van der Waals surface area contributed by atoms with Crippen LogP contribution in [0.25, 0.3) is 0 Å². The number of rotatable bonds is 3. The van der Waals surface area contributed by atoms with Crippen molar-refractivity contribution in [3.8, 4) is 0 Å². The van der Waals surface area contributed by atoms with Gasteiger partial charge in [-0.15, -0.1) is 0 Å². The zero-order chi connectivity index (χ0) is 14.1. The Bertz CT molecular complexity index is 675. The summed E-state index contributed by atoms with van der Waals surface area (Å²) in [5.41, 5.74) is 2.36. The highest BCUT2D eigenvalue weighted by Gasteiger charge is 2.23. The van der Waals surface area contributed by atoms with Crippen LogP contribution in [0.3, 0.4) is 0 Å². The quantitative estimate of drug-likeness (QED) is 0.908. The van der Waals surface area contributed by atoms with Crippen LogP contribution in [0.15, 0.2) is 30.5 Å². The lowest BCUT2D eigenvalue weighted by Gasteiger charge is -2.14. The van der Waals surface area contributed by atoms with Crippen LogP contribution in [-0.2, 0) is 6.42 Å². The summed E-state index contributed by atoms with van der Waals surface area (Å²) in [6, 6.07) is 7.27. The molecule has 1 aromatic heterocycles. The minimum absolute atomic E-state index is 0.0168. The van der Waals surface area contributed by atoms with E-state index in [2.05, 4.69) is 15.3 Å². The Morgan fingerprint density at radius 2 is 2.25 bits per heavy atom. The second-order valence-corrected chi connectivity index (χ2v) is 5.09. The molecule has 1 aliphatic carbocycles. The van der Waals surface area contributed by atoms with Crippen molar-refractivity contribution in [1.29, 1.82) is 0 Å². The van der Waals surface area contributed by atoms with Crippen LogP contribution in [0.4, 0.5) is 5.95 Å². The molecule has 0 radical (unpaired) electrons. The van der Waals surface area contributed by atoms with Crippen molar-refractivity contribution < 1.29 is 9.90 Å². The predicted octanol–water partition coefficient (Wildman–Crippen LogP) is 2.93. The van der Waals surface area contributed by atoms with E-state index in [9.17, 15) is 4.79 Å². The number of hydrogen-bond donors (Lipinski definition) is 2. The van der Waals surface area contributed by atoms with Gasteiger partial charge in [0.15, 0.2) is 5.69 Å². The monoisotopic (exact) mass is 289 g/mol. The number of carboxylic acids is 1. The third kappa shape index (κ3) is 2.44. The second-order valence-electron chi connectivity index (χ2n) is 4.65. The van der Waals surface area contributed by atoms with Crippen LogP contribution in [0.5, 0.6) is 0 Å². The van der Waals surface area contributed by atoms with Crippen LogP contribution in [0.2, 0.25) is 5.02 Å². The molecule has 0 bridgehead atoms. The number of nitrogens with zero attached hydrogens (tertiary/aromatic N) is 2. The van der Waals surface area contributed by atoms with E-state index in [0.717, 1.165) is 17.9 Å². The van der Waals surface area contributed by atoms with Crippen LogP contribution < -0.4 is 5.32 Å². The lowest BCUT2D eigenvalue weighted by atomic mass is 10.1. The first-order valence-electron chi connectivity index (χ1n) is 6.24. The Balaban J connectivity index is 1.84. The van der Waals surface area contributed by atoms with Crippen molar-refractivity contribution in [1.82, 2.24) is 9.97 Å². The molecular formula is C14H12ClN3O2. The molecule has 6 heteroatoms. The molecular weight excluding hydrogens is 278 g/mol. The van der Waals surface area contributed by atoms with Crippen LogP contribution in [0, 0.1) is 0 Å². The number of fused-ring (bicyclic) bond motifs is 1. The molecule has 0 aliphatic heterocycles. The highest BCUT2D eigenvalue weighted by atomic mass is 35.5. The maximum absolute atomic E-state index is 10.9. The lowest BCUT2D eigenvalue weighted by molar-refractivity contribution is 0.0690. The molecule has 0 spiro atoms. The fourth-order valence-electron chi connectivity index (χ4n) is 2.44. The molecule has 1 aromatic carbocycles. The zero-order valence-electron chi connectivity index (χ0n) is 10.5. The van der Waals surface area contributed by atoms with Crippen LogP contribution in [0.1, 0.15) is 34.1 Å². The van der Waals surface area contributed by atoms with E-state index < -0.39 is 5.97 Å². The Kier molecular flexibility index (Phi) is 3.28. The van der Waals surface area contributed by atoms with Gasteiger partial charge in [-0.05, 0) is 42.2 Å². The number of halogens is 1. The molecule has 1 heterocycles. The Labute approximate surface area is 120 Å². The van der Waals surface area contributed by atoms with Crippen LogP contribution >= 0.6 is 11.6 Å². The molecule has 0 saturated heterocycles. The molecule has 0 amide bonds. The average Bonchev–Trinajstić information content (AvgIpc) is 2.81. The standard InChI is InChI=1S/C14H12ClN3O2/c15-9-2-3-10-8(7-9)1-4-11(10)17-14-16-6-5-12(18-14)13(19)20/h2-3,5-7,11H,1,4H2,(H,19,20)(H,16,17,18)/t11-/m0/s1. The van der Waals surface area contributed by atoms with Crippen molar-refractivity contribution in [2.24, 2.45) is 0 Å². The largest absolute Gasteiger partial charge is 0.477 e. The van der Waals surface area contributed by atoms with E-state index in [1.807, 2.05) is 18.2 Å². The highest BCUT2D eigenvalue weighted by Crippen LogP contribution is 2.34. The molecule has 1 aliphatic rings. The van der Waals surface area contributed by atoms with Crippen molar-refractivity contribution in [3.05, 3.63) is 52.3 Å². The Morgan fingerprint density at radius 3 is 3.05 bits per heavy atom.